The Morgan fingerprint density at radius 1 is 1.44 bits per heavy atom. The zero-order valence-electron chi connectivity index (χ0n) is 10.6. The van der Waals surface area contributed by atoms with Crippen LogP contribution in [0.25, 0.3) is 0 Å². The Balaban J connectivity index is 2.03. The Bertz CT molecular complexity index is 497. The normalized spacial score (nSPS) is 22.1. The van der Waals surface area contributed by atoms with Gasteiger partial charge in [0, 0.05) is 12.5 Å². The molecule has 2 aliphatic rings. The lowest BCUT2D eigenvalue weighted by molar-refractivity contribution is 0.371. The van der Waals surface area contributed by atoms with Crippen molar-refractivity contribution in [2.24, 2.45) is 4.99 Å². The highest BCUT2D eigenvalue weighted by atomic mass is 16.5. The van der Waals surface area contributed by atoms with Crippen molar-refractivity contribution in [1.29, 1.82) is 0 Å². The number of aliphatic imine (C=N–C) groups is 1. The number of phenolic OH excluding ortho intramolecular Hbond substituents is 1. The fraction of sp³-hybridized carbons (Fsp3) is 0.500. The minimum absolute atomic E-state index is 0.234. The molecule has 1 aliphatic heterocycles. The molecule has 1 aliphatic carbocycles. The van der Waals surface area contributed by atoms with E-state index in [1.165, 1.54) is 11.1 Å². The van der Waals surface area contributed by atoms with E-state index in [0.29, 0.717) is 11.7 Å². The minimum atomic E-state index is 0.234. The number of hydrogen-bond acceptors (Lipinski definition) is 4. The van der Waals surface area contributed by atoms with Gasteiger partial charge in [-0.1, -0.05) is 0 Å². The maximum atomic E-state index is 9.85. The summed E-state index contributed by atoms with van der Waals surface area (Å²) in [7, 11) is 1.59. The fourth-order valence-corrected chi connectivity index (χ4v) is 2.92. The molecule has 3 rings (SSSR count). The molecule has 0 radical (unpaired) electrons. The molecule has 0 spiro atoms. The molecule has 1 atom stereocenters. The first-order valence-corrected chi connectivity index (χ1v) is 6.47. The summed E-state index contributed by atoms with van der Waals surface area (Å²) >= 11 is 0. The van der Waals surface area contributed by atoms with Crippen molar-refractivity contribution in [3.8, 4) is 11.5 Å². The van der Waals surface area contributed by atoms with Crippen molar-refractivity contribution < 1.29 is 9.84 Å². The molecule has 96 valence electrons. The molecule has 18 heavy (non-hydrogen) atoms. The monoisotopic (exact) mass is 246 g/mol. The molecule has 4 nitrogen and oxygen atoms in total. The molecule has 0 bridgehead atoms. The zero-order chi connectivity index (χ0) is 12.5. The largest absolute Gasteiger partial charge is 0.504 e. The van der Waals surface area contributed by atoms with Crippen molar-refractivity contribution in [2.45, 2.75) is 25.2 Å². The van der Waals surface area contributed by atoms with Crippen LogP contribution in [0.5, 0.6) is 11.5 Å². The number of hydrogen-bond donors (Lipinski definition) is 2. The van der Waals surface area contributed by atoms with E-state index in [4.69, 9.17) is 4.74 Å². The van der Waals surface area contributed by atoms with Crippen LogP contribution in [0.4, 0.5) is 0 Å². The first-order chi connectivity index (χ1) is 8.79. The number of phenols is 1. The second-order valence-electron chi connectivity index (χ2n) is 4.86. The van der Waals surface area contributed by atoms with Crippen LogP contribution in [0.3, 0.4) is 0 Å². The van der Waals surface area contributed by atoms with Crippen LogP contribution in [-0.2, 0) is 6.42 Å². The summed E-state index contributed by atoms with van der Waals surface area (Å²) in [4.78, 5) is 4.54. The summed E-state index contributed by atoms with van der Waals surface area (Å²) in [5.41, 5.74) is 2.48. The van der Waals surface area contributed by atoms with Gasteiger partial charge in [-0.2, -0.15) is 0 Å². The Morgan fingerprint density at radius 3 is 3.06 bits per heavy atom. The average Bonchev–Trinajstić information content (AvgIpc) is 2.90. The number of ether oxygens (including phenoxy) is 1. The Labute approximate surface area is 107 Å². The summed E-state index contributed by atoms with van der Waals surface area (Å²) in [5.74, 6) is 2.23. The number of fused-ring (bicyclic) bond motifs is 1. The number of aromatic hydroxyl groups is 1. The van der Waals surface area contributed by atoms with E-state index in [2.05, 4.69) is 10.3 Å². The maximum Gasteiger partial charge on any atom is 0.160 e. The molecule has 0 fully saturated rings. The molecule has 4 heteroatoms. The van der Waals surface area contributed by atoms with Crippen molar-refractivity contribution in [3.05, 3.63) is 23.3 Å². The van der Waals surface area contributed by atoms with Crippen LogP contribution in [0.15, 0.2) is 17.1 Å². The predicted octanol–water partition coefficient (Wildman–Crippen LogP) is 1.82. The molecule has 1 aromatic carbocycles. The first-order valence-electron chi connectivity index (χ1n) is 6.47. The summed E-state index contributed by atoms with van der Waals surface area (Å²) in [6.07, 6.45) is 3.29. The summed E-state index contributed by atoms with van der Waals surface area (Å²) in [5, 5.41) is 13.2. The van der Waals surface area contributed by atoms with Gasteiger partial charge in [-0.25, -0.2) is 0 Å². The first kappa shape index (κ1) is 11.4. The molecule has 1 heterocycles. The van der Waals surface area contributed by atoms with Gasteiger partial charge in [0.05, 0.1) is 13.7 Å². The van der Waals surface area contributed by atoms with Gasteiger partial charge < -0.3 is 15.2 Å². The van der Waals surface area contributed by atoms with E-state index >= 15 is 0 Å². The molecule has 1 aromatic rings. The lowest BCUT2D eigenvalue weighted by Gasteiger charge is -2.26. The van der Waals surface area contributed by atoms with Gasteiger partial charge in [0.1, 0.15) is 5.84 Å². The van der Waals surface area contributed by atoms with Gasteiger partial charge in [-0.3, -0.25) is 4.99 Å². The van der Waals surface area contributed by atoms with Gasteiger partial charge in [0.15, 0.2) is 11.5 Å². The third-order valence-corrected chi connectivity index (χ3v) is 3.79. The Morgan fingerprint density at radius 2 is 2.33 bits per heavy atom. The number of methoxy groups -OCH3 is 1. The quantitative estimate of drug-likeness (QED) is 0.837. The highest BCUT2D eigenvalue weighted by molar-refractivity contribution is 5.90. The predicted molar refractivity (Wildman–Crippen MR) is 70.6 cm³/mol. The van der Waals surface area contributed by atoms with Crippen LogP contribution in [-0.4, -0.2) is 31.1 Å². The van der Waals surface area contributed by atoms with Crippen LogP contribution in [0, 0.1) is 0 Å². The molecule has 2 N–H and O–H groups in total. The molecule has 0 saturated carbocycles. The van der Waals surface area contributed by atoms with E-state index in [-0.39, 0.29) is 5.75 Å². The van der Waals surface area contributed by atoms with Crippen LogP contribution >= 0.6 is 0 Å². The van der Waals surface area contributed by atoms with Crippen molar-refractivity contribution in [3.63, 3.8) is 0 Å². The molecular formula is C14H18N2O2. The molecule has 0 aromatic heterocycles. The molecule has 0 amide bonds. The van der Waals surface area contributed by atoms with Crippen LogP contribution in [0.2, 0.25) is 0 Å². The van der Waals surface area contributed by atoms with Crippen LogP contribution < -0.4 is 10.1 Å². The SMILES string of the molecule is COc1cc2c(cc1O)CCCC2C1=NCCN1. The number of amidine groups is 1. The van der Waals surface area contributed by atoms with Gasteiger partial charge in [0.25, 0.3) is 0 Å². The molecule has 1 unspecified atom stereocenters. The van der Waals surface area contributed by atoms with Gasteiger partial charge >= 0.3 is 0 Å². The Kier molecular flexibility index (Phi) is 2.86. The third kappa shape index (κ3) is 1.82. The summed E-state index contributed by atoms with van der Waals surface area (Å²) in [6, 6.07) is 3.81. The second-order valence-corrected chi connectivity index (χ2v) is 4.86. The maximum absolute atomic E-state index is 9.85. The van der Waals surface area contributed by atoms with Crippen molar-refractivity contribution in [1.82, 2.24) is 5.32 Å². The second kappa shape index (κ2) is 4.52. The van der Waals surface area contributed by atoms with Crippen LogP contribution in [0.1, 0.15) is 29.9 Å². The summed E-state index contributed by atoms with van der Waals surface area (Å²) in [6.45, 7) is 1.81. The van der Waals surface area contributed by atoms with E-state index in [1.807, 2.05) is 12.1 Å². The van der Waals surface area contributed by atoms with E-state index < -0.39 is 0 Å². The highest BCUT2D eigenvalue weighted by Gasteiger charge is 2.27. The number of benzene rings is 1. The van der Waals surface area contributed by atoms with E-state index in [1.54, 1.807) is 7.11 Å². The number of rotatable bonds is 2. The van der Waals surface area contributed by atoms with E-state index in [0.717, 1.165) is 38.2 Å². The molecular weight excluding hydrogens is 228 g/mol. The number of aryl methyl sites for hydroxylation is 1. The zero-order valence-corrected chi connectivity index (χ0v) is 10.6. The smallest absolute Gasteiger partial charge is 0.160 e. The van der Waals surface area contributed by atoms with Gasteiger partial charge in [0.2, 0.25) is 0 Å². The standard InChI is InChI=1S/C14H18N2O2/c1-18-13-8-11-9(7-12(13)17)3-2-4-10(11)14-15-5-6-16-14/h7-8,10,17H,2-6H2,1H3,(H,15,16). The lowest BCUT2D eigenvalue weighted by atomic mass is 9.81. The molecule has 0 saturated heterocycles. The third-order valence-electron chi connectivity index (χ3n) is 3.79. The van der Waals surface area contributed by atoms with E-state index in [9.17, 15) is 5.11 Å². The average molecular weight is 246 g/mol. The fourth-order valence-electron chi connectivity index (χ4n) is 2.92. The highest BCUT2D eigenvalue weighted by Crippen LogP contribution is 2.39. The van der Waals surface area contributed by atoms with Gasteiger partial charge in [-0.05, 0) is 42.5 Å². The van der Waals surface area contributed by atoms with Crippen molar-refractivity contribution in [2.75, 3.05) is 20.2 Å². The lowest BCUT2D eigenvalue weighted by Crippen LogP contribution is -2.28. The number of nitrogens with zero attached hydrogens (tertiary/aromatic N) is 1. The topological polar surface area (TPSA) is 53.9 Å². The summed E-state index contributed by atoms with van der Waals surface area (Å²) < 4.78 is 5.21. The Hall–Kier alpha value is -1.71. The van der Waals surface area contributed by atoms with Gasteiger partial charge in [-0.15, -0.1) is 0 Å². The minimum Gasteiger partial charge on any atom is -0.504 e. The van der Waals surface area contributed by atoms with Crippen molar-refractivity contribution >= 4 is 5.84 Å². The number of nitrogens with one attached hydrogen (secondary N) is 1.